The van der Waals surface area contributed by atoms with E-state index in [0.29, 0.717) is 0 Å². The second-order valence-electron chi connectivity index (χ2n) is 8.53. The van der Waals surface area contributed by atoms with E-state index >= 15 is 0 Å². The maximum Gasteiger partial charge on any atom is 0.159 e. The number of aromatic amines is 3. The van der Waals surface area contributed by atoms with Crippen molar-refractivity contribution in [3.63, 3.8) is 0 Å². The van der Waals surface area contributed by atoms with Crippen LogP contribution in [0.2, 0.25) is 0 Å². The van der Waals surface area contributed by atoms with Crippen molar-refractivity contribution in [3.05, 3.63) is 71.8 Å². The fourth-order valence-electron chi connectivity index (χ4n) is 4.58. The molecule has 0 radical (unpaired) electrons. The van der Waals surface area contributed by atoms with Crippen LogP contribution in [0.3, 0.4) is 0 Å². The van der Waals surface area contributed by atoms with Gasteiger partial charge in [0.25, 0.3) is 0 Å². The van der Waals surface area contributed by atoms with E-state index in [9.17, 15) is 5.11 Å². The highest BCUT2D eigenvalue weighted by Crippen LogP contribution is 2.32. The smallest absolute Gasteiger partial charge is 0.159 e. The van der Waals surface area contributed by atoms with Gasteiger partial charge in [0.1, 0.15) is 11.4 Å². The summed E-state index contributed by atoms with van der Waals surface area (Å²) in [6.45, 7) is 4.53. The molecular weight excluding hydrogens is 428 g/mol. The van der Waals surface area contributed by atoms with Gasteiger partial charge in [-0.3, -0.25) is 10.00 Å². The summed E-state index contributed by atoms with van der Waals surface area (Å²) in [7, 11) is 0. The number of benzene rings is 2. The Labute approximate surface area is 195 Å². The lowest BCUT2D eigenvalue weighted by Crippen LogP contribution is -2.20. The number of phenols is 1. The molecule has 1 aliphatic rings. The summed E-state index contributed by atoms with van der Waals surface area (Å²) in [5, 5.41) is 29.2. The Bertz CT molecular complexity index is 1490. The van der Waals surface area contributed by atoms with E-state index in [1.165, 1.54) is 5.57 Å². The quantitative estimate of drug-likeness (QED) is 0.310. The number of aryl methyl sites for hydroxylation is 1. The lowest BCUT2D eigenvalue weighted by Gasteiger charge is -2.13. The van der Waals surface area contributed by atoms with E-state index in [1.807, 2.05) is 18.3 Å². The molecule has 5 aromatic rings. The van der Waals surface area contributed by atoms with Gasteiger partial charge in [-0.25, -0.2) is 4.98 Å². The highest BCUT2D eigenvalue weighted by atomic mass is 16.3. The van der Waals surface area contributed by atoms with Crippen molar-refractivity contribution >= 4 is 16.5 Å². The zero-order valence-corrected chi connectivity index (χ0v) is 18.7. The Morgan fingerprint density at radius 1 is 1.09 bits per heavy atom. The van der Waals surface area contributed by atoms with Crippen LogP contribution < -0.4 is 0 Å². The molecule has 0 aliphatic carbocycles. The Balaban J connectivity index is 1.25. The molecule has 0 saturated carbocycles. The number of nitrogens with one attached hydrogen (secondary N) is 3. The third-order valence-corrected chi connectivity index (χ3v) is 6.33. The van der Waals surface area contributed by atoms with E-state index in [0.717, 1.165) is 76.6 Å². The predicted octanol–water partition coefficient (Wildman–Crippen LogP) is 3.91. The molecule has 0 atom stereocenters. The average Bonchev–Trinajstić information content (AvgIpc) is 3.65. The largest absolute Gasteiger partial charge is 0.508 e. The van der Waals surface area contributed by atoms with Crippen molar-refractivity contribution in [1.29, 1.82) is 0 Å². The summed E-state index contributed by atoms with van der Waals surface area (Å²) in [6, 6.07) is 11.8. The van der Waals surface area contributed by atoms with Gasteiger partial charge in [0, 0.05) is 25.0 Å². The van der Waals surface area contributed by atoms with Crippen molar-refractivity contribution in [2.45, 2.75) is 19.9 Å². The van der Waals surface area contributed by atoms with Gasteiger partial charge in [0.05, 0.1) is 29.3 Å². The highest BCUT2D eigenvalue weighted by molar-refractivity contribution is 5.94. The first-order valence-electron chi connectivity index (χ1n) is 11.3. The van der Waals surface area contributed by atoms with Crippen LogP contribution in [0.4, 0.5) is 0 Å². The number of rotatable bonds is 6. The third-order valence-electron chi connectivity index (χ3n) is 6.33. The number of imidazole rings is 1. The SMILES string of the molecule is CCc1cc(O)ccc1-c1ccc2c(-c3ncc(C4=CCN(Cc5cn[nH]n5)C4)[nH]3)n[nH]c2c1. The fraction of sp³-hybridized carbons (Fsp3) is 0.200. The molecule has 0 spiro atoms. The molecule has 170 valence electrons. The summed E-state index contributed by atoms with van der Waals surface area (Å²) in [6.07, 6.45) is 6.69. The van der Waals surface area contributed by atoms with E-state index in [2.05, 4.69) is 71.7 Å². The molecule has 0 amide bonds. The van der Waals surface area contributed by atoms with Gasteiger partial charge >= 0.3 is 0 Å². The summed E-state index contributed by atoms with van der Waals surface area (Å²) >= 11 is 0. The van der Waals surface area contributed by atoms with Gasteiger partial charge in [-0.1, -0.05) is 25.1 Å². The third kappa shape index (κ3) is 3.65. The van der Waals surface area contributed by atoms with E-state index in [1.54, 1.807) is 12.3 Å². The molecule has 0 fully saturated rings. The van der Waals surface area contributed by atoms with Crippen LogP contribution >= 0.6 is 0 Å². The maximum absolute atomic E-state index is 9.83. The molecule has 0 unspecified atom stereocenters. The summed E-state index contributed by atoms with van der Waals surface area (Å²) in [5.41, 5.74) is 8.19. The number of aromatic nitrogens is 7. The first-order valence-corrected chi connectivity index (χ1v) is 11.3. The van der Waals surface area contributed by atoms with Crippen LogP contribution in [0.15, 0.2) is 54.9 Å². The molecule has 3 aromatic heterocycles. The van der Waals surface area contributed by atoms with Crippen molar-refractivity contribution in [3.8, 4) is 28.4 Å². The number of fused-ring (bicyclic) bond motifs is 1. The van der Waals surface area contributed by atoms with Crippen molar-refractivity contribution in [2.75, 3.05) is 13.1 Å². The van der Waals surface area contributed by atoms with E-state index in [4.69, 9.17) is 0 Å². The minimum absolute atomic E-state index is 0.290. The minimum atomic E-state index is 0.290. The molecule has 6 rings (SSSR count). The Kier molecular flexibility index (Phi) is 4.96. The first-order chi connectivity index (χ1) is 16.7. The summed E-state index contributed by atoms with van der Waals surface area (Å²) < 4.78 is 0. The zero-order valence-electron chi connectivity index (χ0n) is 18.7. The number of phenolic OH excluding ortho intramolecular Hbond substituents is 1. The zero-order chi connectivity index (χ0) is 23.1. The molecule has 4 heterocycles. The monoisotopic (exact) mass is 452 g/mol. The number of hydrogen-bond donors (Lipinski definition) is 4. The molecule has 1 aliphatic heterocycles. The second-order valence-corrected chi connectivity index (χ2v) is 8.53. The van der Waals surface area contributed by atoms with Gasteiger partial charge in [-0.05, 0) is 52.9 Å². The molecule has 9 nitrogen and oxygen atoms in total. The van der Waals surface area contributed by atoms with Gasteiger partial charge in [-0.15, -0.1) is 0 Å². The topological polar surface area (TPSA) is 122 Å². The van der Waals surface area contributed by atoms with Crippen molar-refractivity contribution in [2.24, 2.45) is 0 Å². The molecule has 34 heavy (non-hydrogen) atoms. The van der Waals surface area contributed by atoms with Crippen LogP contribution in [0.1, 0.15) is 23.9 Å². The lowest BCUT2D eigenvalue weighted by atomic mass is 9.97. The molecule has 0 saturated heterocycles. The molecule has 9 heteroatoms. The minimum Gasteiger partial charge on any atom is -0.508 e. The van der Waals surface area contributed by atoms with Gasteiger partial charge in [0.2, 0.25) is 0 Å². The summed E-state index contributed by atoms with van der Waals surface area (Å²) in [4.78, 5) is 10.4. The van der Waals surface area contributed by atoms with E-state index in [-0.39, 0.29) is 5.75 Å². The summed E-state index contributed by atoms with van der Waals surface area (Å²) in [5.74, 6) is 1.03. The number of H-pyrrole nitrogens is 3. The predicted molar refractivity (Wildman–Crippen MR) is 130 cm³/mol. The van der Waals surface area contributed by atoms with Crippen molar-refractivity contribution < 1.29 is 5.11 Å². The van der Waals surface area contributed by atoms with Crippen LogP contribution in [0.25, 0.3) is 39.1 Å². The van der Waals surface area contributed by atoms with Crippen molar-refractivity contribution in [1.82, 2.24) is 40.5 Å². The number of aromatic hydroxyl groups is 1. The van der Waals surface area contributed by atoms with Crippen LogP contribution in [-0.4, -0.2) is 58.7 Å². The Hall–Kier alpha value is -4.24. The molecular formula is C25H24N8O. The van der Waals surface area contributed by atoms with Gasteiger partial charge in [0.15, 0.2) is 5.82 Å². The van der Waals surface area contributed by atoms with Crippen LogP contribution in [0, 0.1) is 0 Å². The van der Waals surface area contributed by atoms with Gasteiger partial charge < -0.3 is 10.1 Å². The second kappa shape index (κ2) is 8.27. The highest BCUT2D eigenvalue weighted by Gasteiger charge is 2.20. The lowest BCUT2D eigenvalue weighted by molar-refractivity contribution is 0.343. The first kappa shape index (κ1) is 20.4. The fourth-order valence-corrected chi connectivity index (χ4v) is 4.58. The Morgan fingerprint density at radius 3 is 2.88 bits per heavy atom. The standard InChI is InChI=1S/C25H24N8O/c1-2-15-9-19(34)4-6-20(15)16-3-5-21-22(10-16)30-31-24(21)25-26-12-23(28-25)17-7-8-33(13-17)14-18-11-27-32-29-18/h3-7,9-12,34H,2,8,13-14H2,1H3,(H,26,28)(H,30,31)(H,27,29,32). The Morgan fingerprint density at radius 2 is 2.03 bits per heavy atom. The van der Waals surface area contributed by atoms with Crippen LogP contribution in [0.5, 0.6) is 5.75 Å². The number of hydrogen-bond acceptors (Lipinski definition) is 6. The van der Waals surface area contributed by atoms with E-state index < -0.39 is 0 Å². The van der Waals surface area contributed by atoms with Crippen LogP contribution in [-0.2, 0) is 13.0 Å². The normalized spacial score (nSPS) is 14.2. The molecule has 4 N–H and O–H groups in total. The molecule has 2 aromatic carbocycles. The maximum atomic E-state index is 9.83. The average molecular weight is 453 g/mol. The number of nitrogens with zero attached hydrogens (tertiary/aromatic N) is 5. The molecule has 0 bridgehead atoms. The van der Waals surface area contributed by atoms with Gasteiger partial charge in [-0.2, -0.15) is 20.5 Å².